The molecule has 0 spiro atoms. The van der Waals surface area contributed by atoms with Gasteiger partial charge in [-0.05, 0) is 11.4 Å². The fourth-order valence-electron chi connectivity index (χ4n) is 1.39. The first-order valence-corrected chi connectivity index (χ1v) is 5.88. The van der Waals surface area contributed by atoms with Gasteiger partial charge in [0.2, 0.25) is 5.82 Å². The molecule has 0 aliphatic heterocycles. The maximum Gasteiger partial charge on any atom is 0.268 e. The average molecular weight is 308 g/mol. The molecule has 2 aromatic rings. The van der Waals surface area contributed by atoms with Gasteiger partial charge in [0.25, 0.3) is 5.91 Å². The molecule has 20 heavy (non-hydrogen) atoms. The first-order valence-electron chi connectivity index (χ1n) is 5.00. The number of halogens is 5. The molecular weight excluding hydrogens is 303 g/mol. The van der Waals surface area contributed by atoms with E-state index in [1.54, 1.807) is 5.32 Å². The fraction of sp³-hybridized carbons (Fsp3) is 0. The Kier molecular flexibility index (Phi) is 3.62. The quantitative estimate of drug-likeness (QED) is 0.508. The van der Waals surface area contributed by atoms with Gasteiger partial charge in [-0.1, -0.05) is 0 Å². The lowest BCUT2D eigenvalue weighted by atomic mass is 10.2. The average Bonchev–Trinajstić information content (AvgIpc) is 2.85. The van der Waals surface area contributed by atoms with Crippen LogP contribution in [0.1, 0.15) is 9.67 Å². The summed E-state index contributed by atoms with van der Waals surface area (Å²) in [6, 6.07) is 1.36. The van der Waals surface area contributed by atoms with Crippen molar-refractivity contribution in [2.75, 3.05) is 11.1 Å². The van der Waals surface area contributed by atoms with Gasteiger partial charge in [0.15, 0.2) is 23.3 Å². The van der Waals surface area contributed by atoms with E-state index in [1.165, 1.54) is 11.4 Å². The Morgan fingerprint density at radius 2 is 1.50 bits per heavy atom. The molecule has 0 saturated carbocycles. The van der Waals surface area contributed by atoms with E-state index in [0.717, 1.165) is 11.3 Å². The zero-order chi connectivity index (χ0) is 15.0. The zero-order valence-corrected chi connectivity index (χ0v) is 10.3. The molecule has 9 heteroatoms. The number of nitrogens with one attached hydrogen (secondary N) is 1. The number of carbonyl (C=O) groups is 1. The van der Waals surface area contributed by atoms with Crippen LogP contribution in [-0.4, -0.2) is 5.91 Å². The molecule has 0 fully saturated rings. The Morgan fingerprint density at radius 3 is 1.95 bits per heavy atom. The van der Waals surface area contributed by atoms with Crippen LogP contribution in [0.15, 0.2) is 11.4 Å². The Balaban J connectivity index is 2.45. The summed E-state index contributed by atoms with van der Waals surface area (Å²) in [5.74, 6) is -11.9. The van der Waals surface area contributed by atoms with Gasteiger partial charge >= 0.3 is 0 Å². The van der Waals surface area contributed by atoms with Gasteiger partial charge in [-0.2, -0.15) is 0 Å². The molecule has 3 N–H and O–H groups in total. The number of thiophene rings is 1. The van der Waals surface area contributed by atoms with E-state index >= 15 is 0 Å². The monoisotopic (exact) mass is 308 g/mol. The van der Waals surface area contributed by atoms with Crippen LogP contribution in [0, 0.1) is 29.1 Å². The molecule has 1 aromatic heterocycles. The molecule has 0 radical (unpaired) electrons. The number of nitrogens with two attached hydrogens (primary N) is 1. The molecule has 0 saturated heterocycles. The third-order valence-corrected chi connectivity index (χ3v) is 3.28. The zero-order valence-electron chi connectivity index (χ0n) is 9.44. The predicted molar refractivity (Wildman–Crippen MR) is 62.9 cm³/mol. The minimum atomic E-state index is -2.30. The number of carbonyl (C=O) groups excluding carboxylic acids is 1. The second-order valence-electron chi connectivity index (χ2n) is 3.60. The molecule has 0 bridgehead atoms. The van der Waals surface area contributed by atoms with E-state index in [9.17, 15) is 26.7 Å². The molecule has 2 rings (SSSR count). The van der Waals surface area contributed by atoms with E-state index in [4.69, 9.17) is 5.73 Å². The lowest BCUT2D eigenvalue weighted by Gasteiger charge is -2.09. The van der Waals surface area contributed by atoms with Gasteiger partial charge < -0.3 is 11.1 Å². The van der Waals surface area contributed by atoms with Crippen molar-refractivity contribution < 1.29 is 26.7 Å². The summed E-state index contributed by atoms with van der Waals surface area (Å²) in [5.41, 5.74) is 4.02. The van der Waals surface area contributed by atoms with Crippen LogP contribution in [0.2, 0.25) is 0 Å². The number of anilines is 2. The number of rotatable bonds is 2. The van der Waals surface area contributed by atoms with Gasteiger partial charge in [-0.25, -0.2) is 22.0 Å². The van der Waals surface area contributed by atoms with Gasteiger partial charge in [0.05, 0.1) is 5.69 Å². The van der Waals surface area contributed by atoms with Gasteiger partial charge in [-0.15, -0.1) is 11.3 Å². The Morgan fingerprint density at radius 1 is 1.00 bits per heavy atom. The van der Waals surface area contributed by atoms with Crippen molar-refractivity contribution >= 4 is 28.6 Å². The van der Waals surface area contributed by atoms with Gasteiger partial charge in [-0.3, -0.25) is 4.79 Å². The van der Waals surface area contributed by atoms with Crippen LogP contribution in [0.4, 0.5) is 33.3 Å². The lowest BCUT2D eigenvalue weighted by molar-refractivity contribution is 0.103. The largest absolute Gasteiger partial charge is 0.397 e. The topological polar surface area (TPSA) is 55.1 Å². The van der Waals surface area contributed by atoms with E-state index in [1.807, 2.05) is 0 Å². The number of benzene rings is 1. The molecule has 1 heterocycles. The van der Waals surface area contributed by atoms with Crippen molar-refractivity contribution in [1.29, 1.82) is 0 Å². The van der Waals surface area contributed by atoms with Gasteiger partial charge in [0, 0.05) is 0 Å². The Bertz CT molecular complexity index is 671. The molecule has 0 aliphatic rings. The van der Waals surface area contributed by atoms with E-state index < -0.39 is 40.7 Å². The number of hydrogen-bond acceptors (Lipinski definition) is 3. The summed E-state index contributed by atoms with van der Waals surface area (Å²) in [6.45, 7) is 0. The number of nitrogen functional groups attached to an aromatic ring is 1. The molecule has 3 nitrogen and oxygen atoms in total. The predicted octanol–water partition coefficient (Wildman–Crippen LogP) is 3.28. The van der Waals surface area contributed by atoms with Crippen LogP contribution in [-0.2, 0) is 0 Å². The normalized spacial score (nSPS) is 10.7. The molecule has 0 atom stereocenters. The van der Waals surface area contributed by atoms with E-state index in [2.05, 4.69) is 0 Å². The smallest absolute Gasteiger partial charge is 0.268 e. The highest BCUT2D eigenvalue weighted by Crippen LogP contribution is 2.28. The second-order valence-corrected chi connectivity index (χ2v) is 4.52. The highest BCUT2D eigenvalue weighted by molar-refractivity contribution is 7.12. The maximum atomic E-state index is 13.3. The fourth-order valence-corrected chi connectivity index (χ4v) is 2.10. The molecular formula is C11H5F5N2OS. The van der Waals surface area contributed by atoms with Crippen LogP contribution in [0.25, 0.3) is 0 Å². The molecule has 0 aliphatic carbocycles. The van der Waals surface area contributed by atoms with Crippen molar-refractivity contribution in [2.45, 2.75) is 0 Å². The first kappa shape index (κ1) is 14.3. The summed E-state index contributed by atoms with van der Waals surface area (Å²) >= 11 is 0.857. The molecule has 1 aromatic carbocycles. The molecule has 106 valence electrons. The second kappa shape index (κ2) is 5.08. The van der Waals surface area contributed by atoms with Gasteiger partial charge in [0.1, 0.15) is 10.6 Å². The van der Waals surface area contributed by atoms with Crippen molar-refractivity contribution in [2.24, 2.45) is 0 Å². The maximum absolute atomic E-state index is 13.3. The summed E-state index contributed by atoms with van der Waals surface area (Å²) in [6.07, 6.45) is 0. The summed E-state index contributed by atoms with van der Waals surface area (Å²) in [7, 11) is 0. The number of amides is 1. The molecule has 1 amide bonds. The highest BCUT2D eigenvalue weighted by atomic mass is 32.1. The highest BCUT2D eigenvalue weighted by Gasteiger charge is 2.27. The summed E-state index contributed by atoms with van der Waals surface area (Å²) < 4.78 is 65.4. The molecule has 0 unspecified atom stereocenters. The van der Waals surface area contributed by atoms with Crippen LogP contribution >= 0.6 is 11.3 Å². The summed E-state index contributed by atoms with van der Waals surface area (Å²) in [5, 5.41) is 3.06. The van der Waals surface area contributed by atoms with Crippen LogP contribution in [0.3, 0.4) is 0 Å². The van der Waals surface area contributed by atoms with Crippen molar-refractivity contribution in [1.82, 2.24) is 0 Å². The van der Waals surface area contributed by atoms with Crippen LogP contribution < -0.4 is 11.1 Å². The van der Waals surface area contributed by atoms with Crippen molar-refractivity contribution in [3.63, 3.8) is 0 Å². The first-order chi connectivity index (χ1) is 9.34. The Labute approximate surface area is 112 Å². The summed E-state index contributed by atoms with van der Waals surface area (Å²) in [4.78, 5) is 11.6. The third kappa shape index (κ3) is 2.20. The van der Waals surface area contributed by atoms with Crippen molar-refractivity contribution in [3.05, 3.63) is 45.4 Å². The minimum absolute atomic E-state index is 0.0244. The van der Waals surface area contributed by atoms with Crippen molar-refractivity contribution in [3.8, 4) is 0 Å². The van der Waals surface area contributed by atoms with E-state index in [0.29, 0.717) is 0 Å². The third-order valence-electron chi connectivity index (χ3n) is 2.35. The standard InChI is InChI=1S/C11H5F5N2OS/c12-4-5(13)7(15)9(8(16)6(4)14)18-11(19)10-3(17)1-2-20-10/h1-2H,17H2,(H,18,19). The minimum Gasteiger partial charge on any atom is -0.397 e. The SMILES string of the molecule is Nc1ccsc1C(=O)Nc1c(F)c(F)c(F)c(F)c1F. The Hall–Kier alpha value is -2.16. The van der Waals surface area contributed by atoms with Crippen LogP contribution in [0.5, 0.6) is 0 Å². The lowest BCUT2D eigenvalue weighted by Crippen LogP contribution is -2.16. The number of hydrogen-bond donors (Lipinski definition) is 2. The van der Waals surface area contributed by atoms with E-state index in [-0.39, 0.29) is 10.6 Å².